The van der Waals surface area contributed by atoms with Crippen molar-refractivity contribution in [3.8, 4) is 0 Å². The van der Waals surface area contributed by atoms with Gasteiger partial charge in [0.2, 0.25) is 5.91 Å². The highest BCUT2D eigenvalue weighted by atomic mass is 79.9. The molecule has 5 nitrogen and oxygen atoms in total. The number of carbonyl (C=O) groups excluding carboxylic acids is 2. The van der Waals surface area contributed by atoms with Crippen molar-refractivity contribution in [2.75, 3.05) is 11.9 Å². The first-order valence-electron chi connectivity index (χ1n) is 8.45. The van der Waals surface area contributed by atoms with Crippen LogP contribution in [0.1, 0.15) is 40.2 Å². The third kappa shape index (κ3) is 3.35. The molecule has 2 aliphatic rings. The van der Waals surface area contributed by atoms with Gasteiger partial charge in [0.05, 0.1) is 17.8 Å². The van der Waals surface area contributed by atoms with E-state index in [1.54, 1.807) is 0 Å². The van der Waals surface area contributed by atoms with Gasteiger partial charge < -0.3 is 10.2 Å². The van der Waals surface area contributed by atoms with Crippen molar-refractivity contribution in [2.45, 2.75) is 32.2 Å². The van der Waals surface area contributed by atoms with Crippen LogP contribution in [-0.2, 0) is 17.8 Å². The lowest BCUT2D eigenvalue weighted by atomic mass is 9.85. The molecular weight excluding hydrogens is 402 g/mol. The zero-order valence-electron chi connectivity index (χ0n) is 13.6. The maximum atomic E-state index is 12.8. The lowest BCUT2D eigenvalue weighted by Gasteiger charge is -2.26. The molecule has 1 aliphatic heterocycles. The van der Waals surface area contributed by atoms with Gasteiger partial charge in [-0.1, -0.05) is 29.9 Å². The molecule has 0 unspecified atom stereocenters. The van der Waals surface area contributed by atoms with Crippen molar-refractivity contribution in [1.29, 1.82) is 0 Å². The van der Waals surface area contributed by atoms with Crippen LogP contribution in [-0.4, -0.2) is 28.2 Å². The van der Waals surface area contributed by atoms with Crippen molar-refractivity contribution in [2.24, 2.45) is 5.92 Å². The zero-order valence-corrected chi connectivity index (χ0v) is 16.0. The molecule has 0 spiro atoms. The summed E-state index contributed by atoms with van der Waals surface area (Å²) < 4.78 is 0.809. The number of rotatable bonds is 3. The molecule has 7 heteroatoms. The van der Waals surface area contributed by atoms with Crippen LogP contribution < -0.4 is 5.32 Å². The SMILES string of the molecule is O=C(Nc1nc2c(s1)CN(C(=O)c1ccccc1Br)CC2)C1CCC1. The number of nitrogens with one attached hydrogen (secondary N) is 1. The maximum absolute atomic E-state index is 12.8. The largest absolute Gasteiger partial charge is 0.333 e. The highest BCUT2D eigenvalue weighted by molar-refractivity contribution is 9.10. The van der Waals surface area contributed by atoms with Crippen LogP contribution in [0.4, 0.5) is 5.13 Å². The molecule has 1 N–H and O–H groups in total. The summed E-state index contributed by atoms with van der Waals surface area (Å²) in [5, 5.41) is 3.61. The van der Waals surface area contributed by atoms with Gasteiger partial charge in [0.1, 0.15) is 0 Å². The molecular formula is C18H18BrN3O2S. The summed E-state index contributed by atoms with van der Waals surface area (Å²) in [5.74, 6) is 0.250. The predicted octanol–water partition coefficient (Wildman–Crippen LogP) is 3.84. The number of amides is 2. The highest BCUT2D eigenvalue weighted by Gasteiger charge is 2.28. The zero-order chi connectivity index (χ0) is 17.4. The number of thiazole rings is 1. The number of fused-ring (bicyclic) bond motifs is 1. The van der Waals surface area contributed by atoms with Crippen molar-refractivity contribution < 1.29 is 9.59 Å². The Kier molecular flexibility index (Phi) is 4.60. The summed E-state index contributed by atoms with van der Waals surface area (Å²) in [4.78, 5) is 32.3. The molecule has 1 fully saturated rings. The molecule has 0 saturated heterocycles. The number of aromatic nitrogens is 1. The van der Waals surface area contributed by atoms with Crippen molar-refractivity contribution in [1.82, 2.24) is 9.88 Å². The Morgan fingerprint density at radius 1 is 1.28 bits per heavy atom. The van der Waals surface area contributed by atoms with E-state index in [9.17, 15) is 9.59 Å². The van der Waals surface area contributed by atoms with E-state index in [0.717, 1.165) is 40.7 Å². The van der Waals surface area contributed by atoms with Gasteiger partial charge in [0.15, 0.2) is 5.13 Å². The van der Waals surface area contributed by atoms with Gasteiger partial charge in [-0.2, -0.15) is 0 Å². The van der Waals surface area contributed by atoms with Gasteiger partial charge in [-0.15, -0.1) is 0 Å². The minimum absolute atomic E-state index is 0.0200. The molecule has 2 heterocycles. The van der Waals surface area contributed by atoms with Crippen LogP contribution in [0.3, 0.4) is 0 Å². The molecule has 4 rings (SSSR count). The fourth-order valence-electron chi connectivity index (χ4n) is 3.11. The van der Waals surface area contributed by atoms with Gasteiger partial charge in [-0.3, -0.25) is 9.59 Å². The first-order valence-corrected chi connectivity index (χ1v) is 10.1. The average Bonchev–Trinajstić information content (AvgIpc) is 2.94. The standard InChI is InChI=1S/C18H18BrN3O2S/c19-13-7-2-1-6-12(13)17(24)22-9-8-14-15(10-22)25-18(20-14)21-16(23)11-4-3-5-11/h1-2,6-7,11H,3-5,8-10H2,(H,20,21,23). The first-order chi connectivity index (χ1) is 12.1. The van der Waals surface area contributed by atoms with Crippen molar-refractivity contribution in [3.05, 3.63) is 44.9 Å². The van der Waals surface area contributed by atoms with Crippen LogP contribution in [0.15, 0.2) is 28.7 Å². The van der Waals surface area contributed by atoms with Crippen LogP contribution in [0.2, 0.25) is 0 Å². The number of benzene rings is 1. The second-order valence-electron chi connectivity index (χ2n) is 6.46. The molecule has 2 amide bonds. The number of carbonyl (C=O) groups is 2. The molecule has 1 aromatic heterocycles. The Hall–Kier alpha value is -1.73. The van der Waals surface area contributed by atoms with E-state index in [0.29, 0.717) is 23.8 Å². The van der Waals surface area contributed by atoms with Crippen molar-refractivity contribution in [3.63, 3.8) is 0 Å². The van der Waals surface area contributed by atoms with E-state index in [2.05, 4.69) is 26.2 Å². The fourth-order valence-corrected chi connectivity index (χ4v) is 4.59. The number of nitrogens with zero attached hydrogens (tertiary/aromatic N) is 2. The third-order valence-corrected chi connectivity index (χ3v) is 6.52. The van der Waals surface area contributed by atoms with Crippen molar-refractivity contribution >= 4 is 44.2 Å². The Bertz CT molecular complexity index is 831. The highest BCUT2D eigenvalue weighted by Crippen LogP contribution is 2.32. The van der Waals surface area contributed by atoms with Crippen LogP contribution in [0.25, 0.3) is 0 Å². The number of halogens is 1. The summed E-state index contributed by atoms with van der Waals surface area (Å²) in [7, 11) is 0. The van der Waals surface area contributed by atoms with E-state index in [1.165, 1.54) is 11.3 Å². The van der Waals surface area contributed by atoms with Gasteiger partial charge in [0.25, 0.3) is 5.91 Å². The van der Waals surface area contributed by atoms with Gasteiger partial charge in [-0.25, -0.2) is 4.98 Å². The average molecular weight is 420 g/mol. The molecule has 2 aromatic rings. The molecule has 1 saturated carbocycles. The van der Waals surface area contributed by atoms with E-state index in [4.69, 9.17) is 0 Å². The maximum Gasteiger partial charge on any atom is 0.255 e. The molecule has 1 aliphatic carbocycles. The van der Waals surface area contributed by atoms with Crippen LogP contribution in [0.5, 0.6) is 0 Å². The summed E-state index contributed by atoms with van der Waals surface area (Å²) in [6, 6.07) is 7.48. The second kappa shape index (κ2) is 6.88. The van der Waals surface area contributed by atoms with Gasteiger partial charge >= 0.3 is 0 Å². The summed E-state index contributed by atoms with van der Waals surface area (Å²) in [6.07, 6.45) is 3.82. The van der Waals surface area contributed by atoms with E-state index >= 15 is 0 Å². The monoisotopic (exact) mass is 419 g/mol. The quantitative estimate of drug-likeness (QED) is 0.821. The lowest BCUT2D eigenvalue weighted by Crippen LogP contribution is -2.35. The fraction of sp³-hybridized carbons (Fsp3) is 0.389. The number of hydrogen-bond acceptors (Lipinski definition) is 4. The van der Waals surface area contributed by atoms with E-state index in [1.807, 2.05) is 29.2 Å². The summed E-state index contributed by atoms with van der Waals surface area (Å²) in [5.41, 5.74) is 1.68. The van der Waals surface area contributed by atoms with E-state index in [-0.39, 0.29) is 17.7 Å². The van der Waals surface area contributed by atoms with Gasteiger partial charge in [0, 0.05) is 28.2 Å². The Balaban J connectivity index is 1.47. The minimum atomic E-state index is 0.0200. The molecule has 0 atom stereocenters. The number of hydrogen-bond donors (Lipinski definition) is 1. The van der Waals surface area contributed by atoms with E-state index < -0.39 is 0 Å². The number of anilines is 1. The summed E-state index contributed by atoms with van der Waals surface area (Å²) in [6.45, 7) is 1.19. The van der Waals surface area contributed by atoms with Gasteiger partial charge in [-0.05, 0) is 40.9 Å². The molecule has 0 bridgehead atoms. The smallest absolute Gasteiger partial charge is 0.255 e. The Morgan fingerprint density at radius 3 is 2.80 bits per heavy atom. The Labute approximate surface area is 158 Å². The summed E-state index contributed by atoms with van der Waals surface area (Å²) >= 11 is 4.94. The van der Waals surface area contributed by atoms with Crippen LogP contribution in [0, 0.1) is 5.92 Å². The normalized spacial score (nSPS) is 16.9. The Morgan fingerprint density at radius 2 is 2.08 bits per heavy atom. The van der Waals surface area contributed by atoms with Crippen LogP contribution >= 0.6 is 27.3 Å². The minimum Gasteiger partial charge on any atom is -0.333 e. The predicted molar refractivity (Wildman–Crippen MR) is 101 cm³/mol. The molecule has 1 aromatic carbocycles. The molecule has 130 valence electrons. The third-order valence-electron chi connectivity index (χ3n) is 4.83. The lowest BCUT2D eigenvalue weighted by molar-refractivity contribution is -0.122. The topological polar surface area (TPSA) is 62.3 Å². The second-order valence-corrected chi connectivity index (χ2v) is 8.40. The molecule has 0 radical (unpaired) electrons. The molecule has 25 heavy (non-hydrogen) atoms. The first kappa shape index (κ1) is 16.7.